The molecule has 0 heterocycles. The van der Waals surface area contributed by atoms with Crippen LogP contribution in [0.1, 0.15) is 12.0 Å². The third kappa shape index (κ3) is 2.54. The third-order valence-electron chi connectivity index (χ3n) is 2.02. The second kappa shape index (κ2) is 5.09. The number of hydrogen-bond donors (Lipinski definition) is 3. The molecule has 0 aliphatic carbocycles. The van der Waals surface area contributed by atoms with Gasteiger partial charge in [-0.1, -0.05) is 12.1 Å². The van der Waals surface area contributed by atoms with Crippen molar-refractivity contribution in [2.75, 3.05) is 6.61 Å². The molecule has 5 heteroatoms. The summed E-state index contributed by atoms with van der Waals surface area (Å²) < 4.78 is 13.2. The highest BCUT2D eigenvalue weighted by molar-refractivity contribution is 6.59. The van der Waals surface area contributed by atoms with E-state index in [9.17, 15) is 4.39 Å². The molecule has 0 aliphatic heterocycles. The van der Waals surface area contributed by atoms with Crippen molar-refractivity contribution in [3.8, 4) is 0 Å². The number of benzene rings is 1. The van der Waals surface area contributed by atoms with Gasteiger partial charge in [0.2, 0.25) is 0 Å². The largest absolute Gasteiger partial charge is 0.488 e. The zero-order valence-electron chi connectivity index (χ0n) is 7.65. The van der Waals surface area contributed by atoms with E-state index in [1.807, 2.05) is 0 Å². The van der Waals surface area contributed by atoms with E-state index in [4.69, 9.17) is 15.2 Å². The van der Waals surface area contributed by atoms with E-state index in [2.05, 4.69) is 0 Å². The van der Waals surface area contributed by atoms with E-state index in [0.717, 1.165) is 0 Å². The molecule has 1 aromatic carbocycles. The molecule has 0 atom stereocenters. The molecule has 0 unspecified atom stereocenters. The monoisotopic (exact) mass is 198 g/mol. The predicted octanol–water partition coefficient (Wildman–Crippen LogP) is -0.570. The van der Waals surface area contributed by atoms with E-state index in [0.29, 0.717) is 12.8 Å². The molecule has 0 saturated heterocycles. The van der Waals surface area contributed by atoms with E-state index in [1.54, 1.807) is 0 Å². The van der Waals surface area contributed by atoms with Crippen molar-refractivity contribution in [1.29, 1.82) is 0 Å². The Morgan fingerprint density at radius 2 is 2.00 bits per heavy atom. The van der Waals surface area contributed by atoms with Gasteiger partial charge < -0.3 is 15.2 Å². The van der Waals surface area contributed by atoms with Gasteiger partial charge in [0.25, 0.3) is 0 Å². The van der Waals surface area contributed by atoms with Gasteiger partial charge in [-0.15, -0.1) is 0 Å². The van der Waals surface area contributed by atoms with Crippen LogP contribution in [0.25, 0.3) is 0 Å². The Balaban J connectivity index is 2.96. The fourth-order valence-corrected chi connectivity index (χ4v) is 1.34. The Bertz CT molecular complexity index is 304. The molecule has 1 rings (SSSR count). The van der Waals surface area contributed by atoms with Crippen LogP contribution in [0.3, 0.4) is 0 Å². The van der Waals surface area contributed by atoms with Crippen molar-refractivity contribution in [2.45, 2.75) is 12.8 Å². The number of hydrogen-bond acceptors (Lipinski definition) is 3. The Morgan fingerprint density at radius 1 is 1.29 bits per heavy atom. The van der Waals surface area contributed by atoms with Gasteiger partial charge in [0.1, 0.15) is 5.82 Å². The minimum atomic E-state index is -1.67. The fourth-order valence-electron chi connectivity index (χ4n) is 1.34. The number of aliphatic hydroxyl groups excluding tert-OH is 1. The molecule has 3 N–H and O–H groups in total. The van der Waals surface area contributed by atoms with Crippen molar-refractivity contribution >= 4 is 12.6 Å². The van der Waals surface area contributed by atoms with E-state index >= 15 is 0 Å². The van der Waals surface area contributed by atoms with Crippen molar-refractivity contribution in [3.63, 3.8) is 0 Å². The Kier molecular flexibility index (Phi) is 4.07. The van der Waals surface area contributed by atoms with Gasteiger partial charge in [0, 0.05) is 6.61 Å². The number of aliphatic hydroxyl groups is 1. The van der Waals surface area contributed by atoms with Gasteiger partial charge in [0.05, 0.1) is 0 Å². The Hall–Kier alpha value is -0.905. The second-order valence-corrected chi connectivity index (χ2v) is 3.01. The van der Waals surface area contributed by atoms with Gasteiger partial charge in [0.15, 0.2) is 0 Å². The summed E-state index contributed by atoms with van der Waals surface area (Å²) in [5.41, 5.74) is 0.426. The summed E-state index contributed by atoms with van der Waals surface area (Å²) in [5.74, 6) is -0.468. The average molecular weight is 198 g/mol. The minimum Gasteiger partial charge on any atom is -0.423 e. The molecular weight excluding hydrogens is 186 g/mol. The Morgan fingerprint density at radius 3 is 2.57 bits per heavy atom. The standard InChI is InChI=1S/C9H12BFO3/c11-9-5-1-4-8(10(13)14)7(9)3-2-6-12/h1,4-5,12-14H,2-3,6H2. The zero-order chi connectivity index (χ0) is 10.6. The first-order chi connectivity index (χ1) is 6.66. The van der Waals surface area contributed by atoms with Crippen molar-refractivity contribution < 1.29 is 19.5 Å². The smallest absolute Gasteiger partial charge is 0.423 e. The first-order valence-electron chi connectivity index (χ1n) is 4.41. The fraction of sp³-hybridized carbons (Fsp3) is 0.333. The van der Waals surface area contributed by atoms with Crippen LogP contribution in [0.4, 0.5) is 4.39 Å². The summed E-state index contributed by atoms with van der Waals surface area (Å²) in [5, 5.41) is 26.5. The van der Waals surface area contributed by atoms with Crippen LogP contribution in [0, 0.1) is 5.82 Å². The zero-order valence-corrected chi connectivity index (χ0v) is 7.65. The third-order valence-corrected chi connectivity index (χ3v) is 2.02. The van der Waals surface area contributed by atoms with Crippen molar-refractivity contribution in [1.82, 2.24) is 0 Å². The lowest BCUT2D eigenvalue weighted by Crippen LogP contribution is -2.33. The first kappa shape index (κ1) is 11.2. The van der Waals surface area contributed by atoms with Crippen LogP contribution in [-0.2, 0) is 6.42 Å². The maximum Gasteiger partial charge on any atom is 0.488 e. The highest BCUT2D eigenvalue weighted by Crippen LogP contribution is 2.07. The second-order valence-electron chi connectivity index (χ2n) is 3.01. The topological polar surface area (TPSA) is 60.7 Å². The molecule has 0 fully saturated rings. The maximum absolute atomic E-state index is 13.2. The molecule has 3 nitrogen and oxygen atoms in total. The normalized spacial score (nSPS) is 10.3. The van der Waals surface area contributed by atoms with E-state index < -0.39 is 12.9 Å². The first-order valence-corrected chi connectivity index (χ1v) is 4.41. The predicted molar refractivity (Wildman–Crippen MR) is 51.6 cm³/mol. The van der Waals surface area contributed by atoms with Crippen LogP contribution in [0.15, 0.2) is 18.2 Å². The maximum atomic E-state index is 13.2. The molecule has 0 radical (unpaired) electrons. The van der Waals surface area contributed by atoms with Gasteiger partial charge >= 0.3 is 7.12 Å². The summed E-state index contributed by atoms with van der Waals surface area (Å²) in [7, 11) is -1.67. The number of rotatable bonds is 4. The molecule has 0 amide bonds. The molecule has 1 aromatic rings. The van der Waals surface area contributed by atoms with E-state index in [1.165, 1.54) is 18.2 Å². The van der Waals surface area contributed by atoms with Crippen LogP contribution in [-0.4, -0.2) is 28.9 Å². The van der Waals surface area contributed by atoms with Crippen LogP contribution < -0.4 is 5.46 Å². The lowest BCUT2D eigenvalue weighted by Gasteiger charge is -2.08. The van der Waals surface area contributed by atoms with Crippen molar-refractivity contribution in [3.05, 3.63) is 29.6 Å². The molecule has 0 saturated carbocycles. The van der Waals surface area contributed by atoms with Gasteiger partial charge in [-0.2, -0.15) is 0 Å². The van der Waals surface area contributed by atoms with Gasteiger partial charge in [-0.3, -0.25) is 0 Å². The SMILES string of the molecule is OCCCc1c(F)cccc1B(O)O. The van der Waals surface area contributed by atoms with Gasteiger partial charge in [-0.25, -0.2) is 4.39 Å². The lowest BCUT2D eigenvalue weighted by molar-refractivity contribution is 0.288. The summed E-state index contributed by atoms with van der Waals surface area (Å²) in [6.07, 6.45) is 0.705. The summed E-state index contributed by atoms with van der Waals surface area (Å²) >= 11 is 0. The molecule has 14 heavy (non-hydrogen) atoms. The summed E-state index contributed by atoms with van der Waals surface area (Å²) in [6.45, 7) is -0.0463. The molecule has 0 aliphatic rings. The number of halogens is 1. The summed E-state index contributed by atoms with van der Waals surface area (Å²) in [4.78, 5) is 0. The van der Waals surface area contributed by atoms with Crippen LogP contribution in [0.5, 0.6) is 0 Å². The van der Waals surface area contributed by atoms with E-state index in [-0.39, 0.29) is 17.6 Å². The van der Waals surface area contributed by atoms with Gasteiger partial charge in [-0.05, 0) is 29.9 Å². The summed E-state index contributed by atoms with van der Waals surface area (Å²) in [6, 6.07) is 4.14. The quantitative estimate of drug-likeness (QED) is 0.567. The minimum absolute atomic E-state index is 0.0463. The average Bonchev–Trinajstić information content (AvgIpc) is 2.15. The van der Waals surface area contributed by atoms with Crippen LogP contribution in [0.2, 0.25) is 0 Å². The molecule has 0 bridgehead atoms. The molecular formula is C9H12BFO3. The molecule has 0 aromatic heterocycles. The van der Waals surface area contributed by atoms with Crippen LogP contribution >= 0.6 is 0 Å². The Labute approximate surface area is 82.0 Å². The highest BCUT2D eigenvalue weighted by Gasteiger charge is 2.17. The lowest BCUT2D eigenvalue weighted by atomic mass is 9.76. The van der Waals surface area contributed by atoms with Crippen molar-refractivity contribution in [2.24, 2.45) is 0 Å². The highest BCUT2D eigenvalue weighted by atomic mass is 19.1. The molecule has 76 valence electrons. The molecule has 0 spiro atoms.